The first-order valence-corrected chi connectivity index (χ1v) is 8.46. The maximum absolute atomic E-state index is 12.6. The van der Waals surface area contributed by atoms with E-state index in [1.54, 1.807) is 6.07 Å². The van der Waals surface area contributed by atoms with Crippen LogP contribution < -0.4 is 10.6 Å². The van der Waals surface area contributed by atoms with E-state index in [4.69, 9.17) is 0 Å². The number of alkyl halides is 3. The molecule has 0 radical (unpaired) electrons. The fraction of sp³-hybridized carbons (Fsp3) is 0.462. The standard InChI is InChI=1S/C13H18F3N3O2S.HI/c1-17-12(18-6-7-22(2,20)21)19-9-10-4-3-5-11(8-10)13(14,15)16;/h3-5,8H,6-7,9H2,1-2H3,(H2,17,18,19);1H. The third-order valence-corrected chi connectivity index (χ3v) is 3.65. The van der Waals surface area contributed by atoms with Crippen molar-refractivity contribution in [2.24, 2.45) is 4.99 Å². The molecule has 0 amide bonds. The van der Waals surface area contributed by atoms with Crippen molar-refractivity contribution in [1.82, 2.24) is 10.6 Å². The molecule has 0 aliphatic carbocycles. The number of sulfone groups is 1. The molecule has 0 heterocycles. The highest BCUT2D eigenvalue weighted by atomic mass is 127. The van der Waals surface area contributed by atoms with Gasteiger partial charge in [0.1, 0.15) is 9.84 Å². The molecule has 0 unspecified atom stereocenters. The van der Waals surface area contributed by atoms with Crippen LogP contribution in [0.1, 0.15) is 11.1 Å². The lowest BCUT2D eigenvalue weighted by atomic mass is 10.1. The molecule has 0 spiro atoms. The second kappa shape index (κ2) is 9.30. The Morgan fingerprint density at radius 2 is 1.91 bits per heavy atom. The van der Waals surface area contributed by atoms with Crippen LogP contribution in [0.4, 0.5) is 13.2 Å². The van der Waals surface area contributed by atoms with Crippen LogP contribution >= 0.6 is 24.0 Å². The van der Waals surface area contributed by atoms with Gasteiger partial charge in [0.25, 0.3) is 0 Å². The topological polar surface area (TPSA) is 70.6 Å². The van der Waals surface area contributed by atoms with Gasteiger partial charge in [-0.25, -0.2) is 8.42 Å². The van der Waals surface area contributed by atoms with Gasteiger partial charge in [-0.15, -0.1) is 24.0 Å². The van der Waals surface area contributed by atoms with Gasteiger partial charge in [0, 0.05) is 26.4 Å². The monoisotopic (exact) mass is 465 g/mol. The van der Waals surface area contributed by atoms with Crippen molar-refractivity contribution in [3.63, 3.8) is 0 Å². The molecule has 132 valence electrons. The summed E-state index contributed by atoms with van der Waals surface area (Å²) in [4.78, 5) is 3.87. The van der Waals surface area contributed by atoms with Crippen molar-refractivity contribution in [2.75, 3.05) is 25.6 Å². The molecule has 0 saturated heterocycles. The number of hydrogen-bond donors (Lipinski definition) is 2. The Kier molecular flexibility index (Phi) is 8.88. The van der Waals surface area contributed by atoms with Crippen molar-refractivity contribution in [3.05, 3.63) is 35.4 Å². The van der Waals surface area contributed by atoms with Crippen molar-refractivity contribution in [3.8, 4) is 0 Å². The van der Waals surface area contributed by atoms with Crippen LogP contribution in [0, 0.1) is 0 Å². The van der Waals surface area contributed by atoms with Crippen LogP contribution in [0.3, 0.4) is 0 Å². The van der Waals surface area contributed by atoms with Crippen LogP contribution in [0.5, 0.6) is 0 Å². The van der Waals surface area contributed by atoms with E-state index in [2.05, 4.69) is 15.6 Å². The van der Waals surface area contributed by atoms with Gasteiger partial charge in [0.2, 0.25) is 0 Å². The Morgan fingerprint density at radius 1 is 1.26 bits per heavy atom. The van der Waals surface area contributed by atoms with E-state index < -0.39 is 21.6 Å². The SMILES string of the molecule is CN=C(NCCS(C)(=O)=O)NCc1cccc(C(F)(F)F)c1.I. The Balaban J connectivity index is 0.00000484. The minimum Gasteiger partial charge on any atom is -0.355 e. The average Bonchev–Trinajstić information content (AvgIpc) is 2.40. The zero-order valence-electron chi connectivity index (χ0n) is 12.6. The quantitative estimate of drug-likeness (QED) is 0.397. The van der Waals surface area contributed by atoms with E-state index >= 15 is 0 Å². The van der Waals surface area contributed by atoms with Crippen LogP contribution in [-0.2, 0) is 22.6 Å². The van der Waals surface area contributed by atoms with Crippen LogP contribution in [0.2, 0.25) is 0 Å². The summed E-state index contributed by atoms with van der Waals surface area (Å²) in [5, 5.41) is 5.61. The van der Waals surface area contributed by atoms with Crippen LogP contribution in [0.15, 0.2) is 29.3 Å². The predicted molar refractivity (Wildman–Crippen MR) is 94.8 cm³/mol. The molecule has 23 heavy (non-hydrogen) atoms. The lowest BCUT2D eigenvalue weighted by Crippen LogP contribution is -2.39. The number of halogens is 4. The Morgan fingerprint density at radius 3 is 2.43 bits per heavy atom. The normalized spacial score (nSPS) is 12.5. The Labute approximate surface area is 150 Å². The maximum Gasteiger partial charge on any atom is 0.416 e. The third-order valence-electron chi connectivity index (χ3n) is 2.70. The summed E-state index contributed by atoms with van der Waals surface area (Å²) >= 11 is 0. The largest absolute Gasteiger partial charge is 0.416 e. The van der Waals surface area contributed by atoms with Crippen LogP contribution in [-0.4, -0.2) is 40.0 Å². The maximum atomic E-state index is 12.6. The molecule has 0 saturated carbocycles. The number of benzene rings is 1. The first-order valence-electron chi connectivity index (χ1n) is 6.40. The van der Waals surface area contributed by atoms with E-state index in [0.717, 1.165) is 18.4 Å². The molecule has 1 rings (SSSR count). The number of rotatable bonds is 5. The molecule has 0 aromatic heterocycles. The molecule has 2 N–H and O–H groups in total. The summed E-state index contributed by atoms with van der Waals surface area (Å²) in [6, 6.07) is 4.95. The zero-order chi connectivity index (χ0) is 16.8. The Hall–Kier alpha value is -1.04. The summed E-state index contributed by atoms with van der Waals surface area (Å²) in [5.41, 5.74) is -0.271. The second-order valence-corrected chi connectivity index (χ2v) is 6.94. The van der Waals surface area contributed by atoms with Crippen molar-refractivity contribution >= 4 is 39.8 Å². The first kappa shape index (κ1) is 22.0. The van der Waals surface area contributed by atoms with E-state index in [9.17, 15) is 21.6 Å². The van der Waals surface area contributed by atoms with Gasteiger partial charge >= 0.3 is 6.18 Å². The lowest BCUT2D eigenvalue weighted by Gasteiger charge is -2.13. The highest BCUT2D eigenvalue weighted by Crippen LogP contribution is 2.29. The van der Waals surface area contributed by atoms with Crippen molar-refractivity contribution < 1.29 is 21.6 Å². The van der Waals surface area contributed by atoms with Gasteiger partial charge in [0.15, 0.2) is 5.96 Å². The molecule has 0 aliphatic rings. The number of nitrogens with one attached hydrogen (secondary N) is 2. The fourth-order valence-corrected chi connectivity index (χ4v) is 2.09. The zero-order valence-corrected chi connectivity index (χ0v) is 15.8. The van der Waals surface area contributed by atoms with E-state index in [-0.39, 0.29) is 42.8 Å². The van der Waals surface area contributed by atoms with Crippen molar-refractivity contribution in [2.45, 2.75) is 12.7 Å². The Bertz CT molecular complexity index is 634. The highest BCUT2D eigenvalue weighted by Gasteiger charge is 2.30. The minimum atomic E-state index is -4.38. The summed E-state index contributed by atoms with van der Waals surface area (Å²) in [6.45, 7) is 0.309. The highest BCUT2D eigenvalue weighted by molar-refractivity contribution is 14.0. The van der Waals surface area contributed by atoms with Crippen LogP contribution in [0.25, 0.3) is 0 Å². The minimum absolute atomic E-state index is 0. The number of aliphatic imine (C=N–C) groups is 1. The number of hydrogen-bond acceptors (Lipinski definition) is 3. The summed E-state index contributed by atoms with van der Waals surface area (Å²) < 4.78 is 59.8. The smallest absolute Gasteiger partial charge is 0.355 e. The van der Waals surface area contributed by atoms with Gasteiger partial charge < -0.3 is 10.6 Å². The molecule has 0 bridgehead atoms. The summed E-state index contributed by atoms with van der Waals surface area (Å²) in [6.07, 6.45) is -3.26. The third kappa shape index (κ3) is 8.98. The van der Waals surface area contributed by atoms with Gasteiger partial charge in [-0.2, -0.15) is 13.2 Å². The second-order valence-electron chi connectivity index (χ2n) is 4.68. The molecular formula is C13H19F3IN3O2S. The van der Waals surface area contributed by atoms with E-state index in [1.807, 2.05) is 0 Å². The molecule has 0 aliphatic heterocycles. The van der Waals surface area contributed by atoms with E-state index in [1.165, 1.54) is 13.1 Å². The lowest BCUT2D eigenvalue weighted by molar-refractivity contribution is -0.137. The van der Waals surface area contributed by atoms with Gasteiger partial charge in [-0.3, -0.25) is 4.99 Å². The molecule has 10 heteroatoms. The van der Waals surface area contributed by atoms with Gasteiger partial charge in [-0.1, -0.05) is 12.1 Å². The molecule has 0 fully saturated rings. The molecular weight excluding hydrogens is 446 g/mol. The molecule has 1 aromatic carbocycles. The summed E-state index contributed by atoms with van der Waals surface area (Å²) in [5.74, 6) is 0.262. The van der Waals surface area contributed by atoms with Crippen molar-refractivity contribution in [1.29, 1.82) is 0 Å². The average molecular weight is 465 g/mol. The number of nitrogens with zero attached hydrogens (tertiary/aromatic N) is 1. The fourth-order valence-electron chi connectivity index (χ4n) is 1.62. The molecule has 5 nitrogen and oxygen atoms in total. The summed E-state index contributed by atoms with van der Waals surface area (Å²) in [7, 11) is -1.60. The predicted octanol–water partition coefficient (Wildman–Crippen LogP) is 2.03. The molecule has 1 aromatic rings. The van der Waals surface area contributed by atoms with Gasteiger partial charge in [-0.05, 0) is 17.7 Å². The first-order chi connectivity index (χ1) is 10.1. The number of guanidine groups is 1. The molecule has 0 atom stereocenters. The van der Waals surface area contributed by atoms with E-state index in [0.29, 0.717) is 11.5 Å². The van der Waals surface area contributed by atoms with Gasteiger partial charge in [0.05, 0.1) is 11.3 Å².